The van der Waals surface area contributed by atoms with Crippen LogP contribution in [-0.4, -0.2) is 23.3 Å². The molecule has 0 saturated carbocycles. The number of aliphatic hydroxyl groups excluding tert-OH is 1. The summed E-state index contributed by atoms with van der Waals surface area (Å²) in [6.45, 7) is 5.79. The van der Waals surface area contributed by atoms with Crippen LogP contribution in [0.1, 0.15) is 20.8 Å². The standard InChI is InChI=1S/C8H14O3/c1-4(2)7-5(3)6(9)8(10)11-7/h4-7,9H,1-3H3/t5-,6+,7-/m1/s1. The summed E-state index contributed by atoms with van der Waals surface area (Å²) in [4.78, 5) is 10.8. The van der Waals surface area contributed by atoms with Gasteiger partial charge < -0.3 is 9.84 Å². The minimum atomic E-state index is -0.914. The average molecular weight is 158 g/mol. The van der Waals surface area contributed by atoms with Crippen molar-refractivity contribution < 1.29 is 14.6 Å². The summed E-state index contributed by atoms with van der Waals surface area (Å²) >= 11 is 0. The molecule has 3 nitrogen and oxygen atoms in total. The molecule has 0 spiro atoms. The summed E-state index contributed by atoms with van der Waals surface area (Å²) in [5, 5.41) is 9.21. The molecule has 1 aliphatic rings. The lowest BCUT2D eigenvalue weighted by Crippen LogP contribution is -2.25. The molecular weight excluding hydrogens is 144 g/mol. The van der Waals surface area contributed by atoms with Crippen LogP contribution in [0.15, 0.2) is 0 Å². The molecule has 11 heavy (non-hydrogen) atoms. The average Bonchev–Trinajstić information content (AvgIpc) is 2.17. The van der Waals surface area contributed by atoms with Crippen molar-refractivity contribution in [1.82, 2.24) is 0 Å². The fourth-order valence-electron chi connectivity index (χ4n) is 1.45. The van der Waals surface area contributed by atoms with Gasteiger partial charge in [-0.05, 0) is 5.92 Å². The predicted octanol–water partition coefficient (Wildman–Crippen LogP) is 0.565. The molecular formula is C8H14O3. The second kappa shape index (κ2) is 2.81. The van der Waals surface area contributed by atoms with Gasteiger partial charge in [0.05, 0.1) is 0 Å². The van der Waals surface area contributed by atoms with Crippen LogP contribution in [0, 0.1) is 11.8 Å². The van der Waals surface area contributed by atoms with Gasteiger partial charge in [0.2, 0.25) is 0 Å². The molecule has 3 atom stereocenters. The number of cyclic esters (lactones) is 1. The molecule has 0 aromatic heterocycles. The Morgan fingerprint density at radius 2 is 2.09 bits per heavy atom. The molecule has 1 aliphatic heterocycles. The summed E-state index contributed by atoms with van der Waals surface area (Å²) in [5.74, 6) is -0.259. The van der Waals surface area contributed by atoms with E-state index in [1.807, 2.05) is 20.8 Å². The summed E-state index contributed by atoms with van der Waals surface area (Å²) in [6.07, 6.45) is -1.03. The van der Waals surface area contributed by atoms with Gasteiger partial charge in [0.15, 0.2) is 6.10 Å². The van der Waals surface area contributed by atoms with E-state index in [0.717, 1.165) is 0 Å². The first-order valence-electron chi connectivity index (χ1n) is 3.92. The zero-order valence-corrected chi connectivity index (χ0v) is 7.07. The highest BCUT2D eigenvalue weighted by atomic mass is 16.6. The maximum Gasteiger partial charge on any atom is 0.335 e. The van der Waals surface area contributed by atoms with E-state index in [4.69, 9.17) is 4.74 Å². The van der Waals surface area contributed by atoms with Crippen molar-refractivity contribution in [3.05, 3.63) is 0 Å². The highest BCUT2D eigenvalue weighted by Crippen LogP contribution is 2.27. The molecule has 0 aliphatic carbocycles. The zero-order valence-electron chi connectivity index (χ0n) is 7.07. The van der Waals surface area contributed by atoms with Crippen LogP contribution in [0.4, 0.5) is 0 Å². The third-order valence-corrected chi connectivity index (χ3v) is 2.17. The van der Waals surface area contributed by atoms with Gasteiger partial charge in [-0.15, -0.1) is 0 Å². The minimum absolute atomic E-state index is 0.0671. The Kier molecular flexibility index (Phi) is 2.18. The molecule has 1 heterocycles. The third-order valence-electron chi connectivity index (χ3n) is 2.17. The van der Waals surface area contributed by atoms with Crippen LogP contribution in [0.5, 0.6) is 0 Å². The minimum Gasteiger partial charge on any atom is -0.460 e. The SMILES string of the molecule is CC(C)[C@H]1OC(=O)[C@@H](O)[C@H]1C. The van der Waals surface area contributed by atoms with Crippen molar-refractivity contribution in [3.8, 4) is 0 Å². The zero-order chi connectivity index (χ0) is 8.59. The molecule has 1 saturated heterocycles. The summed E-state index contributed by atoms with van der Waals surface area (Å²) < 4.78 is 4.96. The number of rotatable bonds is 1. The van der Waals surface area contributed by atoms with Crippen LogP contribution >= 0.6 is 0 Å². The van der Waals surface area contributed by atoms with E-state index in [1.54, 1.807) is 0 Å². The number of hydrogen-bond donors (Lipinski definition) is 1. The van der Waals surface area contributed by atoms with E-state index in [0.29, 0.717) is 0 Å². The lowest BCUT2D eigenvalue weighted by atomic mass is 9.93. The molecule has 0 aromatic carbocycles. The Morgan fingerprint density at radius 1 is 1.55 bits per heavy atom. The number of esters is 1. The molecule has 0 amide bonds. The van der Waals surface area contributed by atoms with E-state index < -0.39 is 12.1 Å². The predicted molar refractivity (Wildman–Crippen MR) is 39.9 cm³/mol. The normalized spacial score (nSPS) is 37.9. The van der Waals surface area contributed by atoms with Crippen molar-refractivity contribution in [3.63, 3.8) is 0 Å². The highest BCUT2D eigenvalue weighted by molar-refractivity contribution is 5.77. The first-order chi connectivity index (χ1) is 5.04. The van der Waals surface area contributed by atoms with E-state index >= 15 is 0 Å². The second-order valence-electron chi connectivity index (χ2n) is 3.45. The highest BCUT2D eigenvalue weighted by Gasteiger charge is 2.41. The summed E-state index contributed by atoms with van der Waals surface area (Å²) in [7, 11) is 0. The Bertz CT molecular complexity index is 165. The largest absolute Gasteiger partial charge is 0.460 e. The van der Waals surface area contributed by atoms with E-state index in [1.165, 1.54) is 0 Å². The van der Waals surface area contributed by atoms with Crippen LogP contribution in [0.3, 0.4) is 0 Å². The van der Waals surface area contributed by atoms with Gasteiger partial charge in [-0.2, -0.15) is 0 Å². The molecule has 0 unspecified atom stereocenters. The van der Waals surface area contributed by atoms with Crippen LogP contribution in [0.25, 0.3) is 0 Å². The molecule has 64 valence electrons. The second-order valence-corrected chi connectivity index (χ2v) is 3.45. The molecule has 0 radical (unpaired) electrons. The van der Waals surface area contributed by atoms with Crippen LogP contribution in [-0.2, 0) is 9.53 Å². The van der Waals surface area contributed by atoms with E-state index in [9.17, 15) is 9.90 Å². The van der Waals surface area contributed by atoms with E-state index in [2.05, 4.69) is 0 Å². The maximum absolute atomic E-state index is 10.8. The van der Waals surface area contributed by atoms with Crippen LogP contribution in [0.2, 0.25) is 0 Å². The number of ether oxygens (including phenoxy) is 1. The van der Waals surface area contributed by atoms with Gasteiger partial charge in [0.1, 0.15) is 6.10 Å². The van der Waals surface area contributed by atoms with Crippen molar-refractivity contribution >= 4 is 5.97 Å². The monoisotopic (exact) mass is 158 g/mol. The number of carbonyl (C=O) groups is 1. The van der Waals surface area contributed by atoms with Crippen LogP contribution < -0.4 is 0 Å². The van der Waals surface area contributed by atoms with Crippen molar-refractivity contribution in [2.45, 2.75) is 33.0 Å². The van der Waals surface area contributed by atoms with Crippen molar-refractivity contribution in [1.29, 1.82) is 0 Å². The first-order valence-corrected chi connectivity index (χ1v) is 3.92. The lowest BCUT2D eigenvalue weighted by Gasteiger charge is -2.17. The van der Waals surface area contributed by atoms with Crippen molar-refractivity contribution in [2.24, 2.45) is 11.8 Å². The molecule has 0 bridgehead atoms. The molecule has 3 heteroatoms. The lowest BCUT2D eigenvalue weighted by molar-refractivity contribution is -0.148. The van der Waals surface area contributed by atoms with Gasteiger partial charge in [0.25, 0.3) is 0 Å². The Morgan fingerprint density at radius 3 is 2.27 bits per heavy atom. The smallest absolute Gasteiger partial charge is 0.335 e. The molecule has 0 aromatic rings. The number of aliphatic hydroxyl groups is 1. The third kappa shape index (κ3) is 1.38. The molecule has 1 N–H and O–H groups in total. The number of carbonyl (C=O) groups excluding carboxylic acids is 1. The molecule has 1 fully saturated rings. The fraction of sp³-hybridized carbons (Fsp3) is 0.875. The quantitative estimate of drug-likeness (QED) is 0.567. The van der Waals surface area contributed by atoms with Gasteiger partial charge in [-0.25, -0.2) is 4.79 Å². The Hall–Kier alpha value is -0.570. The fourth-order valence-corrected chi connectivity index (χ4v) is 1.45. The van der Waals surface area contributed by atoms with Gasteiger partial charge in [-0.3, -0.25) is 0 Å². The summed E-state index contributed by atoms with van der Waals surface area (Å²) in [5.41, 5.74) is 0. The topological polar surface area (TPSA) is 46.5 Å². The van der Waals surface area contributed by atoms with Gasteiger partial charge in [0, 0.05) is 5.92 Å². The van der Waals surface area contributed by atoms with Gasteiger partial charge >= 0.3 is 5.97 Å². The number of hydrogen-bond acceptors (Lipinski definition) is 3. The first kappa shape index (κ1) is 8.53. The maximum atomic E-state index is 10.8. The van der Waals surface area contributed by atoms with E-state index in [-0.39, 0.29) is 17.9 Å². The summed E-state index contributed by atoms with van der Waals surface area (Å²) in [6, 6.07) is 0. The van der Waals surface area contributed by atoms with Crippen molar-refractivity contribution in [2.75, 3.05) is 0 Å². The van der Waals surface area contributed by atoms with Gasteiger partial charge in [-0.1, -0.05) is 20.8 Å². The molecule has 1 rings (SSSR count). The Labute approximate surface area is 66.4 Å². The Balaban J connectivity index is 2.67.